The van der Waals surface area contributed by atoms with Gasteiger partial charge in [-0.1, -0.05) is 60.3 Å². The van der Waals surface area contributed by atoms with Gasteiger partial charge in [0.15, 0.2) is 11.0 Å². The molecule has 0 spiro atoms. The standard InChI is InChI=1S/C24H24N4O3S/c1-3-28-22(15-31-20-14-8-10-17-9-4-5-11-18(17)20)26-27-24(28)32-16-23(29)25-19-12-6-7-13-21(19)30-2/h4-14H,3,15-16H2,1-2H3,(H,25,29). The molecule has 0 bridgehead atoms. The van der Waals surface area contributed by atoms with Crippen molar-refractivity contribution in [3.05, 3.63) is 72.6 Å². The predicted octanol–water partition coefficient (Wildman–Crippen LogP) is 4.77. The van der Waals surface area contributed by atoms with Crippen LogP contribution >= 0.6 is 11.8 Å². The lowest BCUT2D eigenvalue weighted by molar-refractivity contribution is -0.113. The number of nitrogens with one attached hydrogen (secondary N) is 1. The van der Waals surface area contributed by atoms with Gasteiger partial charge in [-0.2, -0.15) is 0 Å². The van der Waals surface area contributed by atoms with Gasteiger partial charge in [0.2, 0.25) is 5.91 Å². The molecule has 4 rings (SSSR count). The van der Waals surface area contributed by atoms with Crippen LogP contribution in [0.15, 0.2) is 71.9 Å². The molecule has 0 saturated heterocycles. The number of thioether (sulfide) groups is 1. The maximum atomic E-state index is 12.4. The number of para-hydroxylation sites is 2. The SMILES string of the molecule is CCn1c(COc2cccc3ccccc23)nnc1SCC(=O)Nc1ccccc1OC. The van der Waals surface area contributed by atoms with Crippen LogP contribution in [-0.2, 0) is 17.9 Å². The molecular formula is C24H24N4O3S. The van der Waals surface area contributed by atoms with E-state index in [1.54, 1.807) is 19.2 Å². The molecule has 1 N–H and O–H groups in total. The highest BCUT2D eigenvalue weighted by molar-refractivity contribution is 7.99. The van der Waals surface area contributed by atoms with Gasteiger partial charge in [-0.05, 0) is 30.5 Å². The third-order valence-electron chi connectivity index (χ3n) is 4.93. The third-order valence-corrected chi connectivity index (χ3v) is 5.90. The van der Waals surface area contributed by atoms with Crippen molar-refractivity contribution in [3.8, 4) is 11.5 Å². The van der Waals surface area contributed by atoms with Crippen LogP contribution in [0.4, 0.5) is 5.69 Å². The lowest BCUT2D eigenvalue weighted by Crippen LogP contribution is -2.15. The van der Waals surface area contributed by atoms with E-state index in [1.807, 2.05) is 54.0 Å². The van der Waals surface area contributed by atoms with E-state index in [2.05, 4.69) is 27.6 Å². The van der Waals surface area contributed by atoms with Crippen LogP contribution in [0.2, 0.25) is 0 Å². The Balaban J connectivity index is 1.40. The molecule has 8 heteroatoms. The maximum absolute atomic E-state index is 12.4. The topological polar surface area (TPSA) is 78.3 Å². The number of amides is 1. The molecule has 0 radical (unpaired) electrons. The second-order valence-electron chi connectivity index (χ2n) is 6.95. The van der Waals surface area contributed by atoms with Crippen LogP contribution in [0, 0.1) is 0 Å². The second kappa shape index (κ2) is 10.2. The van der Waals surface area contributed by atoms with Crippen LogP contribution in [0.5, 0.6) is 11.5 Å². The number of nitrogens with zero attached hydrogens (tertiary/aromatic N) is 3. The smallest absolute Gasteiger partial charge is 0.234 e. The Bertz CT molecular complexity index is 1220. The molecule has 1 aromatic heterocycles. The number of rotatable bonds is 9. The van der Waals surface area contributed by atoms with E-state index in [-0.39, 0.29) is 11.7 Å². The Hall–Kier alpha value is -3.52. The zero-order valence-corrected chi connectivity index (χ0v) is 18.8. The van der Waals surface area contributed by atoms with E-state index in [0.29, 0.717) is 35.6 Å². The first-order chi connectivity index (χ1) is 15.7. The van der Waals surface area contributed by atoms with E-state index in [4.69, 9.17) is 9.47 Å². The normalized spacial score (nSPS) is 10.8. The number of fused-ring (bicyclic) bond motifs is 1. The van der Waals surface area contributed by atoms with Crippen molar-refractivity contribution in [2.45, 2.75) is 25.2 Å². The average Bonchev–Trinajstić information content (AvgIpc) is 3.23. The Labute approximate surface area is 190 Å². The fourth-order valence-corrected chi connectivity index (χ4v) is 4.20. The zero-order valence-electron chi connectivity index (χ0n) is 17.9. The summed E-state index contributed by atoms with van der Waals surface area (Å²) in [7, 11) is 1.57. The van der Waals surface area contributed by atoms with Gasteiger partial charge in [0.05, 0.1) is 18.6 Å². The quantitative estimate of drug-likeness (QED) is 0.372. The fraction of sp³-hybridized carbons (Fsp3) is 0.208. The van der Waals surface area contributed by atoms with Gasteiger partial charge in [0.25, 0.3) is 0 Å². The van der Waals surface area contributed by atoms with Crippen LogP contribution in [0.1, 0.15) is 12.7 Å². The highest BCUT2D eigenvalue weighted by Crippen LogP contribution is 2.27. The van der Waals surface area contributed by atoms with Gasteiger partial charge in [-0.3, -0.25) is 4.79 Å². The Kier molecular flexibility index (Phi) is 6.91. The third kappa shape index (κ3) is 4.86. The number of hydrogen-bond donors (Lipinski definition) is 1. The molecule has 32 heavy (non-hydrogen) atoms. The molecule has 7 nitrogen and oxygen atoms in total. The van der Waals surface area contributed by atoms with Crippen molar-refractivity contribution in [1.82, 2.24) is 14.8 Å². The molecule has 0 aliphatic heterocycles. The Morgan fingerprint density at radius 3 is 2.59 bits per heavy atom. The Morgan fingerprint density at radius 1 is 1.00 bits per heavy atom. The van der Waals surface area contributed by atoms with Crippen molar-refractivity contribution in [2.75, 3.05) is 18.2 Å². The number of carbonyl (C=O) groups excluding carboxylic acids is 1. The summed E-state index contributed by atoms with van der Waals surface area (Å²) in [5.41, 5.74) is 0.640. The first-order valence-electron chi connectivity index (χ1n) is 10.3. The summed E-state index contributed by atoms with van der Waals surface area (Å²) in [6.07, 6.45) is 0. The molecule has 1 amide bonds. The van der Waals surface area contributed by atoms with Gasteiger partial charge in [-0.15, -0.1) is 10.2 Å². The summed E-state index contributed by atoms with van der Waals surface area (Å²) in [6, 6.07) is 21.4. The lowest BCUT2D eigenvalue weighted by atomic mass is 10.1. The van der Waals surface area contributed by atoms with Gasteiger partial charge in [0, 0.05) is 11.9 Å². The summed E-state index contributed by atoms with van der Waals surface area (Å²) in [5, 5.41) is 14.3. The summed E-state index contributed by atoms with van der Waals surface area (Å²) in [6.45, 7) is 2.99. The average molecular weight is 449 g/mol. The number of aromatic nitrogens is 3. The molecule has 3 aromatic carbocycles. The number of hydrogen-bond acceptors (Lipinski definition) is 6. The van der Waals surface area contributed by atoms with Crippen LogP contribution < -0.4 is 14.8 Å². The van der Waals surface area contributed by atoms with E-state index in [0.717, 1.165) is 16.5 Å². The van der Waals surface area contributed by atoms with Crippen molar-refractivity contribution in [1.29, 1.82) is 0 Å². The van der Waals surface area contributed by atoms with Crippen LogP contribution in [0.3, 0.4) is 0 Å². The summed E-state index contributed by atoms with van der Waals surface area (Å²) >= 11 is 1.34. The van der Waals surface area contributed by atoms with Crippen molar-refractivity contribution < 1.29 is 14.3 Å². The summed E-state index contributed by atoms with van der Waals surface area (Å²) in [5.74, 6) is 2.21. The molecule has 164 valence electrons. The zero-order chi connectivity index (χ0) is 22.3. The molecule has 0 unspecified atom stereocenters. The van der Waals surface area contributed by atoms with Gasteiger partial charge in [-0.25, -0.2) is 0 Å². The number of benzene rings is 3. The number of carbonyl (C=O) groups is 1. The first-order valence-corrected chi connectivity index (χ1v) is 11.3. The van der Waals surface area contributed by atoms with Gasteiger partial charge < -0.3 is 19.4 Å². The lowest BCUT2D eigenvalue weighted by Gasteiger charge is -2.11. The molecule has 4 aromatic rings. The van der Waals surface area contributed by atoms with E-state index >= 15 is 0 Å². The second-order valence-corrected chi connectivity index (χ2v) is 7.89. The predicted molar refractivity (Wildman–Crippen MR) is 126 cm³/mol. The molecule has 1 heterocycles. The van der Waals surface area contributed by atoms with Crippen molar-refractivity contribution in [3.63, 3.8) is 0 Å². The Morgan fingerprint density at radius 2 is 1.75 bits per heavy atom. The molecule has 0 aliphatic rings. The highest BCUT2D eigenvalue weighted by Gasteiger charge is 2.15. The maximum Gasteiger partial charge on any atom is 0.234 e. The minimum absolute atomic E-state index is 0.140. The largest absolute Gasteiger partial charge is 0.495 e. The summed E-state index contributed by atoms with van der Waals surface area (Å²) in [4.78, 5) is 12.4. The minimum Gasteiger partial charge on any atom is -0.495 e. The molecule has 0 saturated carbocycles. The summed E-state index contributed by atoms with van der Waals surface area (Å²) < 4.78 is 13.3. The van der Waals surface area contributed by atoms with E-state index in [9.17, 15) is 4.79 Å². The fourth-order valence-electron chi connectivity index (χ4n) is 3.38. The number of ether oxygens (including phenoxy) is 2. The molecule has 0 atom stereocenters. The molecule has 0 aliphatic carbocycles. The number of anilines is 1. The molecular weight excluding hydrogens is 424 g/mol. The van der Waals surface area contributed by atoms with Gasteiger partial charge in [0.1, 0.15) is 18.1 Å². The monoisotopic (exact) mass is 448 g/mol. The van der Waals surface area contributed by atoms with Crippen LogP contribution in [0.25, 0.3) is 10.8 Å². The van der Waals surface area contributed by atoms with Crippen molar-refractivity contribution >= 4 is 34.1 Å². The van der Waals surface area contributed by atoms with E-state index < -0.39 is 0 Å². The van der Waals surface area contributed by atoms with Crippen molar-refractivity contribution in [2.24, 2.45) is 0 Å². The first kappa shape index (κ1) is 21.7. The number of methoxy groups -OCH3 is 1. The highest BCUT2D eigenvalue weighted by atomic mass is 32.2. The van der Waals surface area contributed by atoms with Gasteiger partial charge >= 0.3 is 0 Å². The minimum atomic E-state index is -0.140. The van der Waals surface area contributed by atoms with Crippen LogP contribution in [-0.4, -0.2) is 33.5 Å². The van der Waals surface area contributed by atoms with E-state index in [1.165, 1.54) is 11.8 Å². The molecule has 0 fully saturated rings.